The van der Waals surface area contributed by atoms with E-state index in [2.05, 4.69) is 134 Å². The maximum Gasteiger partial charge on any atom is 0.260 e. The van der Waals surface area contributed by atoms with E-state index >= 15 is 0 Å². The van der Waals surface area contributed by atoms with Gasteiger partial charge in [-0.05, 0) is 66.2 Å². The number of aryl methyl sites for hydroxylation is 2. The van der Waals surface area contributed by atoms with Gasteiger partial charge in [0.1, 0.15) is 34.9 Å². The van der Waals surface area contributed by atoms with Crippen molar-refractivity contribution in [3.8, 4) is 28.7 Å². The minimum absolute atomic E-state index is 0.0368. The molecule has 5 aromatic rings. The molecule has 2 unspecified atom stereocenters. The summed E-state index contributed by atoms with van der Waals surface area (Å²) < 4.78 is 20.1. The van der Waals surface area contributed by atoms with Crippen LogP contribution in [0.25, 0.3) is 5.57 Å². The Morgan fingerprint density at radius 2 is 1.28 bits per heavy atom. The van der Waals surface area contributed by atoms with Crippen LogP contribution in [0, 0.1) is 13.8 Å². The van der Waals surface area contributed by atoms with Crippen LogP contribution in [0.5, 0.6) is 28.7 Å². The maximum absolute atomic E-state index is 6.73. The summed E-state index contributed by atoms with van der Waals surface area (Å²) in [4.78, 5) is 2.36. The Balaban J connectivity index is 1.23. The lowest BCUT2D eigenvalue weighted by Gasteiger charge is -2.39. The minimum atomic E-state index is -0.156. The smallest absolute Gasteiger partial charge is 0.260 e. The van der Waals surface area contributed by atoms with Gasteiger partial charge in [-0.15, -0.1) is 0 Å². The van der Waals surface area contributed by atoms with Crippen LogP contribution in [0.15, 0.2) is 121 Å². The number of allylic oxidation sites excluding steroid dienone is 2. The van der Waals surface area contributed by atoms with E-state index in [4.69, 9.17) is 14.2 Å². The molecule has 0 saturated carbocycles. The third kappa shape index (κ3) is 3.71. The molecule has 3 aliphatic heterocycles. The van der Waals surface area contributed by atoms with E-state index in [1.165, 1.54) is 27.6 Å². The summed E-state index contributed by atoms with van der Waals surface area (Å²) in [6.45, 7) is 4.26. The molecular weight excluding hydrogens is 529 g/mol. The van der Waals surface area contributed by atoms with Gasteiger partial charge in [0, 0.05) is 40.1 Å². The van der Waals surface area contributed by atoms with Crippen molar-refractivity contribution >= 4 is 40.0 Å². The van der Waals surface area contributed by atoms with Gasteiger partial charge in [-0.3, -0.25) is 0 Å². The average molecular weight is 557 g/mol. The highest BCUT2D eigenvalue weighted by Gasteiger charge is 2.43. The van der Waals surface area contributed by atoms with E-state index in [0.29, 0.717) is 0 Å². The number of rotatable bonds is 3. The first kappa shape index (κ1) is 24.4. The van der Waals surface area contributed by atoms with Gasteiger partial charge < -0.3 is 19.1 Å². The van der Waals surface area contributed by atoms with E-state index < -0.39 is 0 Å². The van der Waals surface area contributed by atoms with Crippen molar-refractivity contribution in [2.45, 2.75) is 26.0 Å². The SMILES string of the molecule is Cc1ccc2c(c1)Oc1cc(N(c3ccccc3)C3C=CC=C4c5ccccc5OC43)cc3c1B2c1ccc(C)cc1O3. The van der Waals surface area contributed by atoms with Crippen LogP contribution in [0.3, 0.4) is 0 Å². The number of ether oxygens (including phenoxy) is 3. The number of para-hydroxylation sites is 2. The van der Waals surface area contributed by atoms with Crippen molar-refractivity contribution in [2.24, 2.45) is 0 Å². The molecule has 206 valence electrons. The fraction of sp³-hybridized carbons (Fsp3) is 0.105. The molecule has 0 saturated heterocycles. The van der Waals surface area contributed by atoms with Gasteiger partial charge in [0.05, 0.1) is 6.04 Å². The molecule has 0 N–H and O–H groups in total. The third-order valence-electron chi connectivity index (χ3n) is 9.04. The van der Waals surface area contributed by atoms with E-state index in [1.54, 1.807) is 0 Å². The number of nitrogens with zero attached hydrogens (tertiary/aromatic N) is 1. The van der Waals surface area contributed by atoms with E-state index in [0.717, 1.165) is 51.1 Å². The quantitative estimate of drug-likeness (QED) is 0.220. The van der Waals surface area contributed by atoms with Gasteiger partial charge in [0.2, 0.25) is 0 Å². The molecule has 0 amide bonds. The number of hydrogen-bond acceptors (Lipinski definition) is 4. The summed E-state index contributed by atoms with van der Waals surface area (Å²) in [6.07, 6.45) is 6.42. The fourth-order valence-corrected chi connectivity index (χ4v) is 7.11. The van der Waals surface area contributed by atoms with Gasteiger partial charge >= 0.3 is 0 Å². The van der Waals surface area contributed by atoms with Crippen molar-refractivity contribution in [2.75, 3.05) is 4.90 Å². The maximum atomic E-state index is 6.73. The van der Waals surface area contributed by atoms with E-state index in [9.17, 15) is 0 Å². The largest absolute Gasteiger partial charge is 0.483 e. The lowest BCUT2D eigenvalue weighted by molar-refractivity contribution is 0.258. The molecule has 0 fully saturated rings. The molecule has 5 heteroatoms. The molecule has 0 spiro atoms. The highest BCUT2D eigenvalue weighted by molar-refractivity contribution is 6.98. The lowest BCUT2D eigenvalue weighted by Crippen LogP contribution is -2.57. The third-order valence-corrected chi connectivity index (χ3v) is 9.04. The number of hydrogen-bond donors (Lipinski definition) is 0. The molecule has 1 aliphatic carbocycles. The highest BCUT2D eigenvalue weighted by atomic mass is 16.5. The standard InChI is InChI=1S/C38H28BNO3/c1-23-15-17-29-33(19-23)41-35-21-26(22-36-37(35)39(29)30-18-16-24(2)20-34(30)42-36)40(25-9-4-3-5-10-25)31-13-8-12-28-27-11-6-7-14-32(27)43-38(28)31/h3-22,31,38H,1-2H3. The van der Waals surface area contributed by atoms with Gasteiger partial charge in [-0.1, -0.05) is 78.9 Å². The molecule has 0 radical (unpaired) electrons. The van der Waals surface area contributed by atoms with E-state index in [1.807, 2.05) is 6.07 Å². The number of benzene rings is 5. The summed E-state index contributed by atoms with van der Waals surface area (Å²) in [5.74, 6) is 4.38. The van der Waals surface area contributed by atoms with Gasteiger partial charge in [0.25, 0.3) is 6.71 Å². The Morgan fingerprint density at radius 3 is 1.98 bits per heavy atom. The predicted octanol–water partition coefficient (Wildman–Crippen LogP) is 6.95. The van der Waals surface area contributed by atoms with Crippen LogP contribution in [0.2, 0.25) is 0 Å². The fourth-order valence-electron chi connectivity index (χ4n) is 7.11. The Hall–Kier alpha value is -5.16. The number of fused-ring (bicyclic) bond motifs is 7. The summed E-state index contributed by atoms with van der Waals surface area (Å²) in [5, 5.41) is 0. The van der Waals surface area contributed by atoms with Crippen LogP contribution < -0.4 is 35.5 Å². The second kappa shape index (κ2) is 9.17. The van der Waals surface area contributed by atoms with Crippen molar-refractivity contribution in [3.05, 3.63) is 138 Å². The predicted molar refractivity (Wildman–Crippen MR) is 174 cm³/mol. The van der Waals surface area contributed by atoms with Gasteiger partial charge in [0.15, 0.2) is 0 Å². The highest BCUT2D eigenvalue weighted by Crippen LogP contribution is 2.46. The summed E-state index contributed by atoms with van der Waals surface area (Å²) in [7, 11) is 0. The van der Waals surface area contributed by atoms with Crippen molar-refractivity contribution < 1.29 is 14.2 Å². The van der Waals surface area contributed by atoms with Crippen molar-refractivity contribution in [3.63, 3.8) is 0 Å². The molecule has 0 aromatic heterocycles. The first-order valence-corrected chi connectivity index (χ1v) is 14.9. The first-order valence-electron chi connectivity index (χ1n) is 14.9. The Kier molecular flexibility index (Phi) is 5.21. The molecule has 9 rings (SSSR count). The van der Waals surface area contributed by atoms with Crippen molar-refractivity contribution in [1.29, 1.82) is 0 Å². The van der Waals surface area contributed by atoms with Crippen LogP contribution in [-0.4, -0.2) is 18.9 Å². The van der Waals surface area contributed by atoms with Crippen molar-refractivity contribution in [1.82, 2.24) is 0 Å². The first-order chi connectivity index (χ1) is 21.1. The second-order valence-corrected chi connectivity index (χ2v) is 11.8. The van der Waals surface area contributed by atoms with Gasteiger partial charge in [-0.25, -0.2) is 0 Å². The summed E-state index contributed by atoms with van der Waals surface area (Å²) in [5.41, 5.74) is 10.2. The summed E-state index contributed by atoms with van der Waals surface area (Å²) in [6, 6.07) is 36.2. The molecule has 3 heterocycles. The molecule has 43 heavy (non-hydrogen) atoms. The Bertz CT molecular complexity index is 1940. The van der Waals surface area contributed by atoms with Crippen LogP contribution >= 0.6 is 0 Å². The normalized spacial score (nSPS) is 18.1. The molecular formula is C38H28BNO3. The molecule has 4 aliphatic rings. The lowest BCUT2D eigenvalue weighted by atomic mass is 9.35. The Morgan fingerprint density at radius 1 is 0.628 bits per heavy atom. The molecule has 5 aromatic carbocycles. The zero-order valence-corrected chi connectivity index (χ0v) is 24.0. The second-order valence-electron chi connectivity index (χ2n) is 11.8. The molecule has 2 atom stereocenters. The molecule has 0 bridgehead atoms. The molecule has 4 nitrogen and oxygen atoms in total. The number of anilines is 2. The Labute approximate surface area is 251 Å². The monoisotopic (exact) mass is 557 g/mol. The van der Waals surface area contributed by atoms with E-state index in [-0.39, 0.29) is 18.9 Å². The van der Waals surface area contributed by atoms with Crippen LogP contribution in [-0.2, 0) is 0 Å². The van der Waals surface area contributed by atoms with Crippen LogP contribution in [0.4, 0.5) is 11.4 Å². The minimum Gasteiger partial charge on any atom is -0.483 e. The van der Waals surface area contributed by atoms with Gasteiger partial charge in [-0.2, -0.15) is 0 Å². The summed E-state index contributed by atoms with van der Waals surface area (Å²) >= 11 is 0. The topological polar surface area (TPSA) is 30.9 Å². The van der Waals surface area contributed by atoms with Crippen LogP contribution in [0.1, 0.15) is 16.7 Å². The zero-order chi connectivity index (χ0) is 28.7. The average Bonchev–Trinajstić information content (AvgIpc) is 3.41. The zero-order valence-electron chi connectivity index (χ0n) is 24.0.